The van der Waals surface area contributed by atoms with Crippen molar-refractivity contribution < 1.29 is 9.53 Å². The number of amides is 1. The molecule has 0 bridgehead atoms. The summed E-state index contributed by atoms with van der Waals surface area (Å²) in [6.45, 7) is 0. The van der Waals surface area contributed by atoms with E-state index in [9.17, 15) is 4.79 Å². The SMILES string of the molecule is CN(C)C(=O)Oc1ccc2c(c1)CC(N)CC2. The molecule has 0 aliphatic heterocycles. The van der Waals surface area contributed by atoms with Crippen LogP contribution in [0.2, 0.25) is 0 Å². The van der Waals surface area contributed by atoms with Gasteiger partial charge in [-0.1, -0.05) is 6.07 Å². The molecule has 2 N–H and O–H groups in total. The van der Waals surface area contributed by atoms with Gasteiger partial charge in [-0.05, 0) is 42.5 Å². The molecule has 2 rings (SSSR count). The Morgan fingerprint density at radius 2 is 2.18 bits per heavy atom. The molecule has 0 saturated carbocycles. The molecule has 1 aliphatic rings. The maximum absolute atomic E-state index is 11.4. The van der Waals surface area contributed by atoms with Gasteiger partial charge in [-0.15, -0.1) is 0 Å². The van der Waals surface area contributed by atoms with E-state index >= 15 is 0 Å². The van der Waals surface area contributed by atoms with E-state index < -0.39 is 0 Å². The molecule has 0 heterocycles. The van der Waals surface area contributed by atoms with E-state index in [2.05, 4.69) is 0 Å². The summed E-state index contributed by atoms with van der Waals surface area (Å²) in [5.74, 6) is 0.594. The number of benzene rings is 1. The first kappa shape index (κ1) is 11.9. The summed E-state index contributed by atoms with van der Waals surface area (Å²) in [4.78, 5) is 12.8. The Hall–Kier alpha value is -1.55. The zero-order valence-corrected chi connectivity index (χ0v) is 10.3. The molecule has 1 amide bonds. The molecule has 1 aliphatic carbocycles. The highest BCUT2D eigenvalue weighted by Gasteiger charge is 2.16. The Bertz CT molecular complexity index is 429. The maximum atomic E-state index is 11.4. The number of aryl methyl sites for hydroxylation is 1. The number of nitrogens with two attached hydrogens (primary N) is 1. The van der Waals surface area contributed by atoms with Crippen LogP contribution < -0.4 is 10.5 Å². The van der Waals surface area contributed by atoms with Crippen LogP contribution in [0.15, 0.2) is 18.2 Å². The van der Waals surface area contributed by atoms with Crippen LogP contribution in [0.4, 0.5) is 4.79 Å². The summed E-state index contributed by atoms with van der Waals surface area (Å²) in [6, 6.07) is 6.02. The summed E-state index contributed by atoms with van der Waals surface area (Å²) < 4.78 is 5.22. The van der Waals surface area contributed by atoms with E-state index in [1.54, 1.807) is 14.1 Å². The first-order valence-electron chi connectivity index (χ1n) is 5.83. The number of nitrogens with zero attached hydrogens (tertiary/aromatic N) is 1. The normalized spacial score (nSPS) is 18.4. The molecule has 0 fully saturated rings. The van der Waals surface area contributed by atoms with Crippen LogP contribution in [-0.4, -0.2) is 31.1 Å². The second-order valence-electron chi connectivity index (χ2n) is 4.70. The summed E-state index contributed by atoms with van der Waals surface area (Å²) in [6.07, 6.45) is 2.55. The van der Waals surface area contributed by atoms with Crippen molar-refractivity contribution in [1.82, 2.24) is 4.90 Å². The van der Waals surface area contributed by atoms with Crippen molar-refractivity contribution in [2.45, 2.75) is 25.3 Å². The van der Waals surface area contributed by atoms with Crippen LogP contribution in [0.3, 0.4) is 0 Å². The van der Waals surface area contributed by atoms with Gasteiger partial charge in [0.1, 0.15) is 5.75 Å². The minimum atomic E-state index is -0.356. The van der Waals surface area contributed by atoms with Gasteiger partial charge < -0.3 is 15.4 Å². The smallest absolute Gasteiger partial charge is 0.410 e. The third kappa shape index (κ3) is 2.77. The van der Waals surface area contributed by atoms with Gasteiger partial charge in [0.25, 0.3) is 0 Å². The Morgan fingerprint density at radius 3 is 2.88 bits per heavy atom. The van der Waals surface area contributed by atoms with E-state index in [0.717, 1.165) is 19.3 Å². The molecule has 1 aromatic rings. The Labute approximate surface area is 101 Å². The van der Waals surface area contributed by atoms with Gasteiger partial charge >= 0.3 is 6.09 Å². The monoisotopic (exact) mass is 234 g/mol. The lowest BCUT2D eigenvalue weighted by atomic mass is 9.89. The van der Waals surface area contributed by atoms with Crippen LogP contribution in [-0.2, 0) is 12.8 Å². The van der Waals surface area contributed by atoms with E-state index in [1.165, 1.54) is 16.0 Å². The molecular formula is C13H18N2O2. The lowest BCUT2D eigenvalue weighted by molar-refractivity contribution is 0.172. The highest BCUT2D eigenvalue weighted by molar-refractivity contribution is 5.70. The van der Waals surface area contributed by atoms with Crippen LogP contribution in [0, 0.1) is 0 Å². The van der Waals surface area contributed by atoms with Gasteiger partial charge in [0.2, 0.25) is 0 Å². The third-order valence-corrected chi connectivity index (χ3v) is 3.01. The molecule has 0 radical (unpaired) electrons. The molecule has 0 saturated heterocycles. The first-order chi connectivity index (χ1) is 8.06. The van der Waals surface area contributed by atoms with Gasteiger partial charge in [0.05, 0.1) is 0 Å². The minimum Gasteiger partial charge on any atom is -0.410 e. The molecular weight excluding hydrogens is 216 g/mol. The highest BCUT2D eigenvalue weighted by Crippen LogP contribution is 2.25. The quantitative estimate of drug-likeness (QED) is 0.802. The lowest BCUT2D eigenvalue weighted by Gasteiger charge is -2.22. The number of carbonyl (C=O) groups excluding carboxylic acids is 1. The van der Waals surface area contributed by atoms with Gasteiger partial charge in [-0.3, -0.25) is 0 Å². The lowest BCUT2D eigenvalue weighted by Crippen LogP contribution is -2.28. The first-order valence-corrected chi connectivity index (χ1v) is 5.83. The number of hydrogen-bond acceptors (Lipinski definition) is 3. The topological polar surface area (TPSA) is 55.6 Å². The molecule has 0 spiro atoms. The van der Waals surface area contributed by atoms with Crippen LogP contribution in [0.5, 0.6) is 5.75 Å². The molecule has 1 aromatic carbocycles. The fourth-order valence-corrected chi connectivity index (χ4v) is 2.02. The van der Waals surface area contributed by atoms with Gasteiger partial charge in [0, 0.05) is 20.1 Å². The van der Waals surface area contributed by atoms with E-state index in [-0.39, 0.29) is 12.1 Å². The number of ether oxygens (including phenoxy) is 1. The zero-order chi connectivity index (χ0) is 12.4. The van der Waals surface area contributed by atoms with E-state index in [0.29, 0.717) is 5.75 Å². The molecule has 17 heavy (non-hydrogen) atoms. The number of fused-ring (bicyclic) bond motifs is 1. The number of carbonyl (C=O) groups is 1. The van der Waals surface area contributed by atoms with Crippen LogP contribution >= 0.6 is 0 Å². The standard InChI is InChI=1S/C13H18N2O2/c1-15(2)13(16)17-12-6-4-9-3-5-11(14)7-10(9)8-12/h4,6,8,11H,3,5,7,14H2,1-2H3. The number of hydrogen-bond donors (Lipinski definition) is 1. The summed E-state index contributed by atoms with van der Waals surface area (Å²) in [5.41, 5.74) is 8.45. The van der Waals surface area contributed by atoms with Crippen LogP contribution in [0.25, 0.3) is 0 Å². The number of rotatable bonds is 1. The molecule has 1 atom stereocenters. The Kier molecular flexibility index (Phi) is 3.33. The maximum Gasteiger partial charge on any atom is 0.414 e. The summed E-state index contributed by atoms with van der Waals surface area (Å²) in [7, 11) is 3.33. The average molecular weight is 234 g/mol. The highest BCUT2D eigenvalue weighted by atomic mass is 16.6. The fourth-order valence-electron chi connectivity index (χ4n) is 2.02. The second kappa shape index (κ2) is 4.75. The summed E-state index contributed by atoms with van der Waals surface area (Å²) in [5, 5.41) is 0. The zero-order valence-electron chi connectivity index (χ0n) is 10.3. The van der Waals surface area contributed by atoms with Crippen molar-refractivity contribution in [1.29, 1.82) is 0 Å². The van der Waals surface area contributed by atoms with Gasteiger partial charge in [0.15, 0.2) is 0 Å². The van der Waals surface area contributed by atoms with Crippen molar-refractivity contribution in [2.75, 3.05) is 14.1 Å². The van der Waals surface area contributed by atoms with Crippen molar-refractivity contribution in [3.8, 4) is 5.75 Å². The van der Waals surface area contributed by atoms with Crippen LogP contribution in [0.1, 0.15) is 17.5 Å². The Morgan fingerprint density at radius 1 is 1.41 bits per heavy atom. The van der Waals surface area contributed by atoms with Crippen molar-refractivity contribution >= 4 is 6.09 Å². The fraction of sp³-hybridized carbons (Fsp3) is 0.462. The van der Waals surface area contributed by atoms with E-state index in [1.807, 2.05) is 18.2 Å². The van der Waals surface area contributed by atoms with E-state index in [4.69, 9.17) is 10.5 Å². The second-order valence-corrected chi connectivity index (χ2v) is 4.70. The third-order valence-electron chi connectivity index (χ3n) is 3.01. The Balaban J connectivity index is 2.15. The average Bonchev–Trinajstić information content (AvgIpc) is 2.28. The molecule has 4 nitrogen and oxygen atoms in total. The van der Waals surface area contributed by atoms with Gasteiger partial charge in [-0.25, -0.2) is 4.79 Å². The van der Waals surface area contributed by atoms with Crippen molar-refractivity contribution in [3.63, 3.8) is 0 Å². The van der Waals surface area contributed by atoms with Crippen molar-refractivity contribution in [3.05, 3.63) is 29.3 Å². The largest absolute Gasteiger partial charge is 0.414 e. The molecule has 0 aromatic heterocycles. The molecule has 92 valence electrons. The minimum absolute atomic E-state index is 0.224. The summed E-state index contributed by atoms with van der Waals surface area (Å²) >= 11 is 0. The predicted octanol–water partition coefficient (Wildman–Crippen LogP) is 1.56. The molecule has 4 heteroatoms. The molecule has 1 unspecified atom stereocenters. The van der Waals surface area contributed by atoms with Gasteiger partial charge in [-0.2, -0.15) is 0 Å². The predicted molar refractivity (Wildman–Crippen MR) is 66.2 cm³/mol. The van der Waals surface area contributed by atoms with Crippen molar-refractivity contribution in [2.24, 2.45) is 5.73 Å².